The number of sulfone groups is 1. The summed E-state index contributed by atoms with van der Waals surface area (Å²) in [5.41, 5.74) is -0.602. The molecule has 0 aromatic carbocycles. The molecule has 1 heterocycles. The molecule has 1 aliphatic heterocycles. The van der Waals surface area contributed by atoms with Crippen molar-refractivity contribution in [1.29, 1.82) is 0 Å². The number of carbonyl (C=O) groups is 2. The normalized spacial score (nSPS) is 32.8. The van der Waals surface area contributed by atoms with Gasteiger partial charge in [-0.2, -0.15) is 11.8 Å². The summed E-state index contributed by atoms with van der Waals surface area (Å²) in [5, 5.41) is 8.31. The van der Waals surface area contributed by atoms with Crippen molar-refractivity contribution in [1.82, 2.24) is 4.90 Å². The minimum Gasteiger partial charge on any atom is -0.481 e. The standard InChI is InChI=1S/C12H19NO5S2/c1-12(2)8(9(12)11(15)16)10(14)13-4-5-19-6-7(13)20(3,17)18/h7-9H,4-6H2,1-3H3,(H,15,16)/t7?,8-,9+/m1/s1. The third-order valence-corrected chi connectivity index (χ3v) is 6.86. The number of amides is 1. The lowest BCUT2D eigenvalue weighted by atomic mass is 10.1. The summed E-state index contributed by atoms with van der Waals surface area (Å²) in [4.78, 5) is 25.1. The lowest BCUT2D eigenvalue weighted by molar-refractivity contribution is -0.142. The van der Waals surface area contributed by atoms with E-state index < -0.39 is 38.4 Å². The van der Waals surface area contributed by atoms with Gasteiger partial charge < -0.3 is 10.0 Å². The summed E-state index contributed by atoms with van der Waals surface area (Å²) < 4.78 is 23.6. The van der Waals surface area contributed by atoms with Gasteiger partial charge in [0.05, 0.1) is 11.8 Å². The Labute approximate surface area is 122 Å². The minimum absolute atomic E-state index is 0.335. The minimum atomic E-state index is -3.36. The van der Waals surface area contributed by atoms with Gasteiger partial charge in [0.2, 0.25) is 5.91 Å². The highest BCUT2D eigenvalue weighted by Gasteiger charge is 2.67. The van der Waals surface area contributed by atoms with E-state index in [1.165, 1.54) is 16.7 Å². The van der Waals surface area contributed by atoms with Crippen molar-refractivity contribution < 1.29 is 23.1 Å². The van der Waals surface area contributed by atoms with Gasteiger partial charge in [-0.15, -0.1) is 0 Å². The Morgan fingerprint density at radius 1 is 1.30 bits per heavy atom. The molecule has 3 atom stereocenters. The first kappa shape index (κ1) is 15.6. The lowest BCUT2D eigenvalue weighted by Gasteiger charge is -2.34. The van der Waals surface area contributed by atoms with Crippen LogP contribution in [0.4, 0.5) is 0 Å². The maximum atomic E-state index is 12.5. The molecule has 2 rings (SSSR count). The summed E-state index contributed by atoms with van der Waals surface area (Å²) in [5.74, 6) is -1.62. The molecule has 0 aromatic rings. The van der Waals surface area contributed by atoms with Gasteiger partial charge in [0.15, 0.2) is 9.84 Å². The number of rotatable bonds is 3. The first-order chi connectivity index (χ1) is 9.08. The van der Waals surface area contributed by atoms with Crippen LogP contribution < -0.4 is 0 Å². The van der Waals surface area contributed by atoms with Crippen LogP contribution in [-0.4, -0.2) is 60.0 Å². The molecule has 2 fully saturated rings. The summed E-state index contributed by atoms with van der Waals surface area (Å²) in [7, 11) is -3.36. The fourth-order valence-electron chi connectivity index (χ4n) is 2.93. The van der Waals surface area contributed by atoms with Crippen LogP contribution in [0.15, 0.2) is 0 Å². The van der Waals surface area contributed by atoms with Crippen LogP contribution in [0.3, 0.4) is 0 Å². The Hall–Kier alpha value is -0.760. The molecule has 0 aromatic heterocycles. The quantitative estimate of drug-likeness (QED) is 0.803. The van der Waals surface area contributed by atoms with Crippen LogP contribution in [0, 0.1) is 17.3 Å². The molecule has 0 radical (unpaired) electrons. The average Bonchev–Trinajstić information content (AvgIpc) is 2.90. The Morgan fingerprint density at radius 2 is 1.90 bits per heavy atom. The van der Waals surface area contributed by atoms with Crippen molar-refractivity contribution in [3.63, 3.8) is 0 Å². The van der Waals surface area contributed by atoms with Crippen LogP contribution in [0.25, 0.3) is 0 Å². The third-order valence-electron chi connectivity index (χ3n) is 4.22. The monoisotopic (exact) mass is 321 g/mol. The fraction of sp³-hybridized carbons (Fsp3) is 0.833. The predicted molar refractivity (Wildman–Crippen MR) is 76.1 cm³/mol. The van der Waals surface area contributed by atoms with Crippen LogP contribution in [0.1, 0.15) is 13.8 Å². The van der Waals surface area contributed by atoms with Crippen LogP contribution in [0.2, 0.25) is 0 Å². The van der Waals surface area contributed by atoms with Crippen LogP contribution in [0.5, 0.6) is 0 Å². The van der Waals surface area contributed by atoms with Crippen molar-refractivity contribution in [3.8, 4) is 0 Å². The molecule has 0 bridgehead atoms. The molecule has 6 nitrogen and oxygen atoms in total. The van der Waals surface area contributed by atoms with Crippen molar-refractivity contribution in [2.75, 3.05) is 24.3 Å². The Balaban J connectivity index is 2.22. The molecular weight excluding hydrogens is 302 g/mol. The van der Waals surface area contributed by atoms with Gasteiger partial charge in [0.25, 0.3) is 0 Å². The summed E-state index contributed by atoms with van der Waals surface area (Å²) >= 11 is 1.50. The average molecular weight is 321 g/mol. The number of hydrogen-bond acceptors (Lipinski definition) is 5. The Morgan fingerprint density at radius 3 is 2.35 bits per heavy atom. The van der Waals surface area contributed by atoms with Gasteiger partial charge in [0.1, 0.15) is 5.37 Å². The number of carboxylic acid groups (broad SMARTS) is 1. The van der Waals surface area contributed by atoms with E-state index in [1.54, 1.807) is 13.8 Å². The molecule has 2 aliphatic rings. The van der Waals surface area contributed by atoms with E-state index in [0.29, 0.717) is 18.1 Å². The second kappa shape index (κ2) is 4.91. The van der Waals surface area contributed by atoms with E-state index in [1.807, 2.05) is 0 Å². The van der Waals surface area contributed by atoms with Crippen molar-refractivity contribution in [2.45, 2.75) is 19.2 Å². The summed E-state index contributed by atoms with van der Waals surface area (Å²) in [6.07, 6.45) is 1.12. The smallest absolute Gasteiger partial charge is 0.307 e. The van der Waals surface area contributed by atoms with Crippen LogP contribution >= 0.6 is 11.8 Å². The highest BCUT2D eigenvalue weighted by molar-refractivity contribution is 8.00. The molecule has 8 heteroatoms. The van der Waals surface area contributed by atoms with Gasteiger partial charge in [-0.05, 0) is 5.41 Å². The first-order valence-electron chi connectivity index (χ1n) is 6.38. The maximum absolute atomic E-state index is 12.5. The van der Waals surface area contributed by atoms with E-state index in [2.05, 4.69) is 0 Å². The van der Waals surface area contributed by atoms with Crippen molar-refractivity contribution >= 4 is 33.5 Å². The molecule has 1 aliphatic carbocycles. The molecule has 1 saturated carbocycles. The Kier molecular flexibility index (Phi) is 3.83. The molecule has 1 unspecified atom stereocenters. The molecule has 114 valence electrons. The third kappa shape index (κ3) is 2.55. The number of hydrogen-bond donors (Lipinski definition) is 1. The molecule has 1 N–H and O–H groups in total. The largest absolute Gasteiger partial charge is 0.481 e. The number of thioether (sulfide) groups is 1. The van der Waals surface area contributed by atoms with Gasteiger partial charge in [-0.1, -0.05) is 13.8 Å². The number of aliphatic carboxylic acids is 1. The predicted octanol–water partition coefficient (Wildman–Crippen LogP) is 0.289. The topological polar surface area (TPSA) is 91.8 Å². The van der Waals surface area contributed by atoms with E-state index in [4.69, 9.17) is 5.11 Å². The number of nitrogens with zero attached hydrogens (tertiary/aromatic N) is 1. The lowest BCUT2D eigenvalue weighted by Crippen LogP contribution is -2.51. The van der Waals surface area contributed by atoms with Gasteiger partial charge in [-0.3, -0.25) is 9.59 Å². The highest BCUT2D eigenvalue weighted by atomic mass is 32.2. The van der Waals surface area contributed by atoms with Crippen LogP contribution in [-0.2, 0) is 19.4 Å². The second-order valence-corrected chi connectivity index (χ2v) is 9.36. The maximum Gasteiger partial charge on any atom is 0.307 e. The van der Waals surface area contributed by atoms with E-state index in [9.17, 15) is 18.0 Å². The highest BCUT2D eigenvalue weighted by Crippen LogP contribution is 2.59. The number of carboxylic acids is 1. The molecule has 0 spiro atoms. The molecular formula is C12H19NO5S2. The van der Waals surface area contributed by atoms with Crippen molar-refractivity contribution in [2.24, 2.45) is 17.3 Å². The van der Waals surface area contributed by atoms with E-state index in [0.717, 1.165) is 6.26 Å². The molecule has 1 amide bonds. The zero-order chi connectivity index (χ0) is 15.3. The zero-order valence-electron chi connectivity index (χ0n) is 11.7. The molecule has 20 heavy (non-hydrogen) atoms. The summed E-state index contributed by atoms with van der Waals surface area (Å²) in [6, 6.07) is 0. The van der Waals surface area contributed by atoms with Gasteiger partial charge >= 0.3 is 5.97 Å². The van der Waals surface area contributed by atoms with E-state index in [-0.39, 0.29) is 5.91 Å². The first-order valence-corrected chi connectivity index (χ1v) is 9.49. The fourth-order valence-corrected chi connectivity index (χ4v) is 5.75. The number of carbonyl (C=O) groups excluding carboxylic acids is 1. The van der Waals surface area contributed by atoms with Gasteiger partial charge in [-0.25, -0.2) is 8.42 Å². The molecule has 1 saturated heterocycles. The second-order valence-electron chi connectivity index (χ2n) is 6.01. The zero-order valence-corrected chi connectivity index (χ0v) is 13.3. The van der Waals surface area contributed by atoms with E-state index >= 15 is 0 Å². The van der Waals surface area contributed by atoms with Gasteiger partial charge in [0, 0.05) is 24.3 Å². The SMILES string of the molecule is CC1(C)[C@H](C(=O)O)[C@@H]1C(=O)N1CCSCC1S(C)(=O)=O. The van der Waals surface area contributed by atoms with Crippen molar-refractivity contribution in [3.05, 3.63) is 0 Å². The Bertz CT molecular complexity index is 542. The summed E-state index contributed by atoms with van der Waals surface area (Å²) in [6.45, 7) is 3.84.